The van der Waals surface area contributed by atoms with E-state index in [4.69, 9.17) is 22.1 Å². The van der Waals surface area contributed by atoms with Crippen molar-refractivity contribution in [2.24, 2.45) is 5.73 Å². The number of pyridine rings is 1. The molecule has 0 bridgehead atoms. The van der Waals surface area contributed by atoms with Gasteiger partial charge in [0.2, 0.25) is 5.88 Å². The highest BCUT2D eigenvalue weighted by Gasteiger charge is 2.12. The van der Waals surface area contributed by atoms with Crippen LogP contribution in [0.15, 0.2) is 12.3 Å². The molecule has 0 aromatic carbocycles. The van der Waals surface area contributed by atoms with Crippen LogP contribution < -0.4 is 10.5 Å². The summed E-state index contributed by atoms with van der Waals surface area (Å²) in [5, 5.41) is 10.1. The predicted molar refractivity (Wildman–Crippen MR) is 54.4 cm³/mol. The van der Waals surface area contributed by atoms with Crippen molar-refractivity contribution in [3.05, 3.63) is 22.8 Å². The molecule has 0 aliphatic carbocycles. The Bertz CT molecular complexity index is 307. The molecule has 4 nitrogen and oxygen atoms in total. The Kier molecular flexibility index (Phi) is 4.13. The summed E-state index contributed by atoms with van der Waals surface area (Å²) in [5.41, 5.74) is 5.94. The standard InChI is InChI=1S/C9H13ClN2O2/c1-14-9-4-6(7(10)5-12-9)8(13)2-3-11/h4-5,8,13H,2-3,11H2,1H3. The van der Waals surface area contributed by atoms with Gasteiger partial charge < -0.3 is 15.6 Å². The molecule has 1 rings (SSSR count). The first-order valence-electron chi connectivity index (χ1n) is 4.26. The van der Waals surface area contributed by atoms with Crippen molar-refractivity contribution >= 4 is 11.6 Å². The highest BCUT2D eigenvalue weighted by molar-refractivity contribution is 6.31. The van der Waals surface area contributed by atoms with Crippen LogP contribution in [0.25, 0.3) is 0 Å². The van der Waals surface area contributed by atoms with E-state index in [0.29, 0.717) is 29.4 Å². The molecule has 0 saturated heterocycles. The highest BCUT2D eigenvalue weighted by Crippen LogP contribution is 2.26. The molecular formula is C9H13ClN2O2. The van der Waals surface area contributed by atoms with Gasteiger partial charge in [-0.3, -0.25) is 0 Å². The van der Waals surface area contributed by atoms with E-state index in [2.05, 4.69) is 4.98 Å². The third-order valence-electron chi connectivity index (χ3n) is 1.87. The molecule has 0 aliphatic rings. The second-order valence-corrected chi connectivity index (χ2v) is 3.25. The number of hydrogen-bond acceptors (Lipinski definition) is 4. The number of ether oxygens (including phenoxy) is 1. The first-order valence-corrected chi connectivity index (χ1v) is 4.64. The van der Waals surface area contributed by atoms with Crippen molar-refractivity contribution in [3.63, 3.8) is 0 Å². The summed E-state index contributed by atoms with van der Waals surface area (Å²) in [4.78, 5) is 3.90. The maximum Gasteiger partial charge on any atom is 0.213 e. The van der Waals surface area contributed by atoms with Gasteiger partial charge >= 0.3 is 0 Å². The topological polar surface area (TPSA) is 68.4 Å². The number of methoxy groups -OCH3 is 1. The van der Waals surface area contributed by atoms with Gasteiger partial charge in [0.25, 0.3) is 0 Å². The van der Waals surface area contributed by atoms with Crippen molar-refractivity contribution in [2.45, 2.75) is 12.5 Å². The molecule has 1 aromatic rings. The Morgan fingerprint density at radius 1 is 1.71 bits per heavy atom. The van der Waals surface area contributed by atoms with Gasteiger partial charge in [0.1, 0.15) is 0 Å². The number of hydrogen-bond donors (Lipinski definition) is 2. The molecule has 1 heterocycles. The lowest BCUT2D eigenvalue weighted by atomic mass is 10.1. The Hall–Kier alpha value is -0.840. The quantitative estimate of drug-likeness (QED) is 0.792. The molecule has 14 heavy (non-hydrogen) atoms. The van der Waals surface area contributed by atoms with E-state index in [-0.39, 0.29) is 0 Å². The minimum atomic E-state index is -0.663. The van der Waals surface area contributed by atoms with Gasteiger partial charge in [0, 0.05) is 17.8 Å². The fourth-order valence-corrected chi connectivity index (χ4v) is 1.34. The Labute approximate surface area is 87.7 Å². The molecular weight excluding hydrogens is 204 g/mol. The summed E-state index contributed by atoms with van der Waals surface area (Å²) in [6, 6.07) is 1.61. The van der Waals surface area contributed by atoms with Gasteiger partial charge in [-0.15, -0.1) is 0 Å². The molecule has 1 aromatic heterocycles. The van der Waals surface area contributed by atoms with Gasteiger partial charge in [-0.2, -0.15) is 0 Å². The van der Waals surface area contributed by atoms with Crippen LogP contribution in [0.2, 0.25) is 5.02 Å². The largest absolute Gasteiger partial charge is 0.481 e. The number of aliphatic hydroxyl groups is 1. The van der Waals surface area contributed by atoms with E-state index in [1.165, 1.54) is 13.3 Å². The first-order chi connectivity index (χ1) is 6.69. The van der Waals surface area contributed by atoms with E-state index in [9.17, 15) is 5.11 Å². The van der Waals surface area contributed by atoms with E-state index < -0.39 is 6.10 Å². The highest BCUT2D eigenvalue weighted by atomic mass is 35.5. The first kappa shape index (κ1) is 11.2. The summed E-state index contributed by atoms with van der Waals surface area (Å²) < 4.78 is 4.93. The average molecular weight is 217 g/mol. The minimum absolute atomic E-state index is 0.405. The van der Waals surface area contributed by atoms with Gasteiger partial charge in [-0.05, 0) is 13.0 Å². The smallest absolute Gasteiger partial charge is 0.213 e. The fraction of sp³-hybridized carbons (Fsp3) is 0.444. The minimum Gasteiger partial charge on any atom is -0.481 e. The molecule has 0 spiro atoms. The van der Waals surface area contributed by atoms with E-state index in [1.54, 1.807) is 6.07 Å². The van der Waals surface area contributed by atoms with Crippen molar-refractivity contribution in [3.8, 4) is 5.88 Å². The molecule has 1 unspecified atom stereocenters. The van der Waals surface area contributed by atoms with Crippen LogP contribution in [0.4, 0.5) is 0 Å². The fourth-order valence-electron chi connectivity index (χ4n) is 1.11. The molecule has 0 aliphatic heterocycles. The summed E-state index contributed by atoms with van der Waals surface area (Å²) in [6.07, 6.45) is 1.26. The van der Waals surface area contributed by atoms with Crippen LogP contribution in [-0.2, 0) is 0 Å². The number of nitrogens with zero attached hydrogens (tertiary/aromatic N) is 1. The lowest BCUT2D eigenvalue weighted by Crippen LogP contribution is -2.07. The zero-order chi connectivity index (χ0) is 10.6. The number of aromatic nitrogens is 1. The zero-order valence-corrected chi connectivity index (χ0v) is 8.66. The van der Waals surface area contributed by atoms with E-state index >= 15 is 0 Å². The van der Waals surface area contributed by atoms with Crippen LogP contribution in [0, 0.1) is 0 Å². The summed E-state index contributed by atoms with van der Waals surface area (Å²) in [6.45, 7) is 0.405. The van der Waals surface area contributed by atoms with Crippen LogP contribution in [-0.4, -0.2) is 23.7 Å². The van der Waals surface area contributed by atoms with Gasteiger partial charge in [0.15, 0.2) is 0 Å². The SMILES string of the molecule is COc1cc(C(O)CCN)c(Cl)cn1. The van der Waals surface area contributed by atoms with Crippen molar-refractivity contribution < 1.29 is 9.84 Å². The van der Waals surface area contributed by atoms with Crippen LogP contribution >= 0.6 is 11.6 Å². The summed E-state index contributed by atoms with van der Waals surface area (Å²) in [5.74, 6) is 0.431. The van der Waals surface area contributed by atoms with Crippen molar-refractivity contribution in [1.29, 1.82) is 0 Å². The Morgan fingerprint density at radius 3 is 3.00 bits per heavy atom. The number of halogens is 1. The van der Waals surface area contributed by atoms with E-state index in [0.717, 1.165) is 0 Å². The van der Waals surface area contributed by atoms with Crippen LogP contribution in [0.1, 0.15) is 18.1 Å². The molecule has 0 saturated carbocycles. The molecule has 5 heteroatoms. The van der Waals surface area contributed by atoms with Gasteiger partial charge in [0.05, 0.1) is 18.2 Å². The van der Waals surface area contributed by atoms with Crippen molar-refractivity contribution in [2.75, 3.05) is 13.7 Å². The molecule has 3 N–H and O–H groups in total. The molecule has 0 amide bonds. The predicted octanol–water partition coefficient (Wildman–Crippen LogP) is 1.13. The molecule has 0 radical (unpaired) electrons. The molecule has 0 fully saturated rings. The lowest BCUT2D eigenvalue weighted by Gasteiger charge is -2.11. The maximum atomic E-state index is 9.67. The summed E-state index contributed by atoms with van der Waals surface area (Å²) in [7, 11) is 1.51. The van der Waals surface area contributed by atoms with Crippen molar-refractivity contribution in [1.82, 2.24) is 4.98 Å². The zero-order valence-electron chi connectivity index (χ0n) is 7.90. The molecule has 78 valence electrons. The average Bonchev–Trinajstić information content (AvgIpc) is 2.19. The Morgan fingerprint density at radius 2 is 2.43 bits per heavy atom. The normalized spacial score (nSPS) is 12.6. The van der Waals surface area contributed by atoms with Gasteiger partial charge in [-0.25, -0.2) is 4.98 Å². The number of aliphatic hydroxyl groups excluding tert-OH is 1. The number of rotatable bonds is 4. The van der Waals surface area contributed by atoms with Crippen LogP contribution in [0.5, 0.6) is 5.88 Å². The molecule has 1 atom stereocenters. The Balaban J connectivity index is 2.93. The van der Waals surface area contributed by atoms with E-state index in [1.807, 2.05) is 0 Å². The maximum absolute atomic E-state index is 9.67. The summed E-state index contributed by atoms with van der Waals surface area (Å²) >= 11 is 5.86. The van der Waals surface area contributed by atoms with Gasteiger partial charge in [-0.1, -0.05) is 11.6 Å². The number of nitrogens with two attached hydrogens (primary N) is 1. The lowest BCUT2D eigenvalue weighted by molar-refractivity contribution is 0.170. The third kappa shape index (κ3) is 2.57. The second-order valence-electron chi connectivity index (χ2n) is 2.84. The second kappa shape index (κ2) is 5.14. The third-order valence-corrected chi connectivity index (χ3v) is 2.18. The monoisotopic (exact) mass is 216 g/mol. The van der Waals surface area contributed by atoms with Crippen LogP contribution in [0.3, 0.4) is 0 Å².